The molecule has 0 aliphatic rings. The molecule has 100 valence electrons. The minimum atomic E-state index is -0.869. The van der Waals surface area contributed by atoms with Gasteiger partial charge in [-0.05, 0) is 5.56 Å². The number of hydrogen-bond acceptors (Lipinski definition) is 4. The molecule has 18 heavy (non-hydrogen) atoms. The molecule has 0 bridgehead atoms. The van der Waals surface area contributed by atoms with Crippen LogP contribution in [-0.4, -0.2) is 25.0 Å². The summed E-state index contributed by atoms with van der Waals surface area (Å²) in [5, 5.41) is 2.66. The maximum Gasteiger partial charge on any atom is 0.307 e. The molecular formula is C12H17ClN2O3. The number of carbonyl (C=O) groups excluding carboxylic acids is 2. The summed E-state index contributed by atoms with van der Waals surface area (Å²) in [6.45, 7) is 0.397. The third-order valence-electron chi connectivity index (χ3n) is 2.26. The summed E-state index contributed by atoms with van der Waals surface area (Å²) in [4.78, 5) is 22.4. The number of rotatable bonds is 5. The van der Waals surface area contributed by atoms with Crippen molar-refractivity contribution < 1.29 is 14.3 Å². The molecule has 0 saturated carbocycles. The summed E-state index contributed by atoms with van der Waals surface area (Å²) in [5.74, 6) is -0.855. The number of carbonyl (C=O) groups is 2. The molecule has 0 aliphatic carbocycles. The van der Waals surface area contributed by atoms with E-state index < -0.39 is 12.0 Å². The first-order valence-corrected chi connectivity index (χ1v) is 5.27. The monoisotopic (exact) mass is 272 g/mol. The number of hydrogen-bond donors (Lipinski definition) is 2. The van der Waals surface area contributed by atoms with Crippen molar-refractivity contribution in [3.8, 4) is 0 Å². The molecule has 0 heterocycles. The van der Waals surface area contributed by atoms with Gasteiger partial charge in [-0.25, -0.2) is 0 Å². The van der Waals surface area contributed by atoms with E-state index in [0.717, 1.165) is 5.56 Å². The van der Waals surface area contributed by atoms with Gasteiger partial charge in [0.25, 0.3) is 0 Å². The van der Waals surface area contributed by atoms with Crippen LogP contribution in [-0.2, 0) is 20.9 Å². The lowest BCUT2D eigenvalue weighted by Crippen LogP contribution is -2.41. The van der Waals surface area contributed by atoms with E-state index in [1.807, 2.05) is 30.3 Å². The Labute approximate surface area is 112 Å². The second-order valence-electron chi connectivity index (χ2n) is 3.59. The average molecular weight is 273 g/mol. The molecule has 1 atom stereocenters. The Kier molecular flexibility index (Phi) is 7.74. The van der Waals surface area contributed by atoms with Crippen LogP contribution < -0.4 is 11.1 Å². The Morgan fingerprint density at radius 1 is 1.33 bits per heavy atom. The molecule has 6 heteroatoms. The summed E-state index contributed by atoms with van der Waals surface area (Å²) in [6, 6.07) is 8.59. The Morgan fingerprint density at radius 3 is 2.50 bits per heavy atom. The van der Waals surface area contributed by atoms with Crippen LogP contribution in [0.15, 0.2) is 30.3 Å². The van der Waals surface area contributed by atoms with Gasteiger partial charge in [-0.3, -0.25) is 9.59 Å². The summed E-state index contributed by atoms with van der Waals surface area (Å²) in [7, 11) is 1.26. The fourth-order valence-electron chi connectivity index (χ4n) is 1.27. The summed E-state index contributed by atoms with van der Waals surface area (Å²) >= 11 is 0. The maximum atomic E-state index is 11.5. The Hall–Kier alpha value is -1.59. The number of nitrogens with one attached hydrogen (secondary N) is 1. The Balaban J connectivity index is 0.00000289. The molecule has 3 N–H and O–H groups in total. The minimum Gasteiger partial charge on any atom is -0.469 e. The summed E-state index contributed by atoms with van der Waals surface area (Å²) in [5.41, 5.74) is 6.52. The van der Waals surface area contributed by atoms with Gasteiger partial charge in [-0.2, -0.15) is 0 Å². The number of halogens is 1. The van der Waals surface area contributed by atoms with Gasteiger partial charge in [-0.15, -0.1) is 12.4 Å². The van der Waals surface area contributed by atoms with Crippen molar-refractivity contribution in [1.29, 1.82) is 0 Å². The predicted molar refractivity (Wildman–Crippen MR) is 70.1 cm³/mol. The van der Waals surface area contributed by atoms with Crippen molar-refractivity contribution in [2.45, 2.75) is 19.0 Å². The first kappa shape index (κ1) is 16.4. The maximum absolute atomic E-state index is 11.5. The fourth-order valence-corrected chi connectivity index (χ4v) is 1.27. The second-order valence-corrected chi connectivity index (χ2v) is 3.59. The van der Waals surface area contributed by atoms with E-state index in [0.29, 0.717) is 6.54 Å². The van der Waals surface area contributed by atoms with Crippen LogP contribution in [0.1, 0.15) is 12.0 Å². The van der Waals surface area contributed by atoms with Crippen LogP contribution in [0.3, 0.4) is 0 Å². The quantitative estimate of drug-likeness (QED) is 0.770. The number of methoxy groups -OCH3 is 1. The highest BCUT2D eigenvalue weighted by Crippen LogP contribution is 1.98. The number of benzene rings is 1. The lowest BCUT2D eigenvalue weighted by molar-refractivity contribution is -0.142. The molecule has 1 aromatic rings. The summed E-state index contributed by atoms with van der Waals surface area (Å²) in [6.07, 6.45) is -0.114. The van der Waals surface area contributed by atoms with Crippen molar-refractivity contribution in [1.82, 2.24) is 5.32 Å². The van der Waals surface area contributed by atoms with Crippen LogP contribution in [0.2, 0.25) is 0 Å². The first-order chi connectivity index (χ1) is 8.13. The lowest BCUT2D eigenvalue weighted by atomic mass is 10.2. The van der Waals surface area contributed by atoms with Crippen LogP contribution >= 0.6 is 12.4 Å². The molecule has 1 unspecified atom stereocenters. The van der Waals surface area contributed by atoms with E-state index in [1.54, 1.807) is 0 Å². The standard InChI is InChI=1S/C12H16N2O3.ClH/c1-17-11(15)7-10(13)12(16)14-8-9-5-3-2-4-6-9;/h2-6,10H,7-8,13H2,1H3,(H,14,16);1H. The number of amides is 1. The molecule has 1 amide bonds. The van der Waals surface area contributed by atoms with E-state index >= 15 is 0 Å². The van der Waals surface area contributed by atoms with Crippen LogP contribution in [0, 0.1) is 0 Å². The Bertz CT molecular complexity index is 384. The highest BCUT2D eigenvalue weighted by atomic mass is 35.5. The zero-order chi connectivity index (χ0) is 12.7. The van der Waals surface area contributed by atoms with Crippen LogP contribution in [0.4, 0.5) is 0 Å². The Morgan fingerprint density at radius 2 is 1.94 bits per heavy atom. The van der Waals surface area contributed by atoms with Gasteiger partial charge in [0.2, 0.25) is 5.91 Å². The van der Waals surface area contributed by atoms with Crippen molar-refractivity contribution in [3.63, 3.8) is 0 Å². The molecule has 1 aromatic carbocycles. The van der Waals surface area contributed by atoms with E-state index in [1.165, 1.54) is 7.11 Å². The van der Waals surface area contributed by atoms with E-state index in [-0.39, 0.29) is 24.7 Å². The van der Waals surface area contributed by atoms with Gasteiger partial charge in [0, 0.05) is 6.54 Å². The van der Waals surface area contributed by atoms with Crippen molar-refractivity contribution in [3.05, 3.63) is 35.9 Å². The SMILES string of the molecule is COC(=O)CC(N)C(=O)NCc1ccccc1.Cl. The molecule has 0 radical (unpaired) electrons. The smallest absolute Gasteiger partial charge is 0.307 e. The number of ether oxygens (including phenoxy) is 1. The third kappa shape index (κ3) is 5.65. The molecule has 0 fully saturated rings. The predicted octanol–water partition coefficient (Wildman–Crippen LogP) is 0.615. The van der Waals surface area contributed by atoms with Crippen LogP contribution in [0.5, 0.6) is 0 Å². The van der Waals surface area contributed by atoms with Gasteiger partial charge in [0.1, 0.15) is 0 Å². The van der Waals surface area contributed by atoms with Gasteiger partial charge < -0.3 is 15.8 Å². The molecule has 0 saturated heterocycles. The molecule has 0 spiro atoms. The molecule has 5 nitrogen and oxygen atoms in total. The zero-order valence-electron chi connectivity index (χ0n) is 10.1. The van der Waals surface area contributed by atoms with E-state index in [2.05, 4.69) is 10.1 Å². The number of esters is 1. The third-order valence-corrected chi connectivity index (χ3v) is 2.26. The lowest BCUT2D eigenvalue weighted by Gasteiger charge is -2.10. The molecular weight excluding hydrogens is 256 g/mol. The van der Waals surface area contributed by atoms with Crippen LogP contribution in [0.25, 0.3) is 0 Å². The first-order valence-electron chi connectivity index (χ1n) is 5.27. The zero-order valence-corrected chi connectivity index (χ0v) is 10.9. The normalized spacial score (nSPS) is 11.0. The van der Waals surface area contributed by atoms with Crippen molar-refractivity contribution in [2.24, 2.45) is 5.73 Å². The topological polar surface area (TPSA) is 81.4 Å². The second kappa shape index (κ2) is 8.49. The molecule has 1 rings (SSSR count). The highest BCUT2D eigenvalue weighted by molar-refractivity contribution is 5.86. The van der Waals surface area contributed by atoms with Crippen molar-refractivity contribution >= 4 is 24.3 Å². The largest absolute Gasteiger partial charge is 0.469 e. The van der Waals surface area contributed by atoms with Gasteiger partial charge >= 0.3 is 5.97 Å². The average Bonchev–Trinajstić information content (AvgIpc) is 2.36. The summed E-state index contributed by atoms with van der Waals surface area (Å²) < 4.78 is 4.43. The number of nitrogens with two attached hydrogens (primary N) is 1. The van der Waals surface area contributed by atoms with Gasteiger partial charge in [0.05, 0.1) is 19.6 Å². The van der Waals surface area contributed by atoms with Crippen molar-refractivity contribution in [2.75, 3.05) is 7.11 Å². The molecule has 0 aromatic heterocycles. The van der Waals surface area contributed by atoms with E-state index in [9.17, 15) is 9.59 Å². The molecule has 0 aliphatic heterocycles. The van der Waals surface area contributed by atoms with E-state index in [4.69, 9.17) is 5.73 Å². The highest BCUT2D eigenvalue weighted by Gasteiger charge is 2.17. The van der Waals surface area contributed by atoms with Gasteiger partial charge in [0.15, 0.2) is 0 Å². The van der Waals surface area contributed by atoms with Gasteiger partial charge in [-0.1, -0.05) is 30.3 Å². The fraction of sp³-hybridized carbons (Fsp3) is 0.333. The minimum absolute atomic E-state index is 0.